The molecule has 0 spiro atoms. The first-order chi connectivity index (χ1) is 18.2. The van der Waals surface area contributed by atoms with Crippen molar-refractivity contribution in [3.8, 4) is 22.8 Å². The van der Waals surface area contributed by atoms with Crippen molar-refractivity contribution in [2.75, 3.05) is 27.0 Å². The number of ether oxygens (including phenoxy) is 1. The van der Waals surface area contributed by atoms with Crippen LogP contribution in [-0.2, 0) is 21.4 Å². The SMILES string of the molecule is COc1ccccc1CNC(=O)CSc1nnc(-c2cccc(S(=O)(=O)N(C)C)c2)n1-c1cccc(C)c1. The molecule has 0 unspecified atom stereocenters. The molecule has 0 saturated carbocycles. The maximum Gasteiger partial charge on any atom is 0.242 e. The zero-order chi connectivity index (χ0) is 27.3. The number of carbonyl (C=O) groups is 1. The van der Waals surface area contributed by atoms with Crippen LogP contribution >= 0.6 is 11.8 Å². The summed E-state index contributed by atoms with van der Waals surface area (Å²) in [5.74, 6) is 1.14. The van der Waals surface area contributed by atoms with Gasteiger partial charge in [-0.25, -0.2) is 12.7 Å². The fourth-order valence-electron chi connectivity index (χ4n) is 3.78. The van der Waals surface area contributed by atoms with E-state index in [1.165, 1.54) is 30.2 Å². The number of para-hydroxylation sites is 1. The number of methoxy groups -OCH3 is 1. The Bertz CT molecular complexity index is 1550. The van der Waals surface area contributed by atoms with Crippen molar-refractivity contribution in [2.24, 2.45) is 0 Å². The van der Waals surface area contributed by atoms with Crippen molar-refractivity contribution in [1.82, 2.24) is 24.4 Å². The van der Waals surface area contributed by atoms with E-state index in [1.54, 1.807) is 31.4 Å². The number of sulfonamides is 1. The summed E-state index contributed by atoms with van der Waals surface area (Å²) in [6.45, 7) is 2.32. The third-order valence-electron chi connectivity index (χ3n) is 5.76. The first-order valence-electron chi connectivity index (χ1n) is 11.8. The van der Waals surface area contributed by atoms with Gasteiger partial charge in [0, 0.05) is 37.5 Å². The van der Waals surface area contributed by atoms with Crippen molar-refractivity contribution >= 4 is 27.7 Å². The molecule has 1 N–H and O–H groups in total. The fraction of sp³-hybridized carbons (Fsp3) is 0.222. The van der Waals surface area contributed by atoms with Crippen molar-refractivity contribution < 1.29 is 17.9 Å². The average Bonchev–Trinajstić information content (AvgIpc) is 3.35. The van der Waals surface area contributed by atoms with Crippen molar-refractivity contribution in [3.05, 3.63) is 83.9 Å². The molecular formula is C27H29N5O4S2. The lowest BCUT2D eigenvalue weighted by molar-refractivity contribution is -0.118. The number of hydrogen-bond donors (Lipinski definition) is 1. The molecule has 198 valence electrons. The molecule has 0 aliphatic carbocycles. The summed E-state index contributed by atoms with van der Waals surface area (Å²) < 4.78 is 33.8. The Labute approximate surface area is 226 Å². The minimum Gasteiger partial charge on any atom is -0.496 e. The second-order valence-corrected chi connectivity index (χ2v) is 11.8. The van der Waals surface area contributed by atoms with Crippen LogP contribution in [0, 0.1) is 6.92 Å². The number of amides is 1. The van der Waals surface area contributed by atoms with E-state index < -0.39 is 10.0 Å². The lowest BCUT2D eigenvalue weighted by Crippen LogP contribution is -2.25. The molecule has 0 fully saturated rings. The summed E-state index contributed by atoms with van der Waals surface area (Å²) in [6, 6.07) is 21.9. The van der Waals surface area contributed by atoms with Crippen molar-refractivity contribution in [2.45, 2.75) is 23.5 Å². The first kappa shape index (κ1) is 27.4. The number of hydrogen-bond acceptors (Lipinski definition) is 7. The number of thioether (sulfide) groups is 1. The number of aromatic nitrogens is 3. The Morgan fingerprint density at radius 3 is 2.53 bits per heavy atom. The van der Waals surface area contributed by atoms with Crippen LogP contribution in [0.1, 0.15) is 11.1 Å². The number of rotatable bonds is 10. The van der Waals surface area contributed by atoms with Gasteiger partial charge in [0.05, 0.1) is 17.8 Å². The maximum atomic E-state index is 12.7. The molecule has 4 aromatic rings. The van der Waals surface area contributed by atoms with E-state index in [1.807, 2.05) is 60.0 Å². The highest BCUT2D eigenvalue weighted by atomic mass is 32.2. The topological polar surface area (TPSA) is 106 Å². The fourth-order valence-corrected chi connectivity index (χ4v) is 5.51. The van der Waals surface area contributed by atoms with Gasteiger partial charge in [-0.3, -0.25) is 9.36 Å². The van der Waals surface area contributed by atoms with Crippen LogP contribution in [0.5, 0.6) is 5.75 Å². The van der Waals surface area contributed by atoms with Crippen LogP contribution in [-0.4, -0.2) is 60.4 Å². The number of benzene rings is 3. The lowest BCUT2D eigenvalue weighted by atomic mass is 10.2. The van der Waals surface area contributed by atoms with E-state index in [0.717, 1.165) is 16.8 Å². The monoisotopic (exact) mass is 551 g/mol. The maximum absolute atomic E-state index is 12.7. The van der Waals surface area contributed by atoms with E-state index >= 15 is 0 Å². The molecule has 0 bridgehead atoms. The standard InChI is InChI=1S/C27H29N5O4S2/c1-19-9-7-12-22(15-19)32-26(20-11-8-13-23(16-20)38(34,35)31(2)3)29-30-27(32)37-18-25(33)28-17-21-10-5-6-14-24(21)36-4/h5-16H,17-18H2,1-4H3,(H,28,33). The molecule has 0 atom stereocenters. The molecular weight excluding hydrogens is 522 g/mol. The molecule has 4 rings (SSSR count). The Kier molecular flexibility index (Phi) is 8.50. The van der Waals surface area contributed by atoms with Crippen LogP contribution in [0.3, 0.4) is 0 Å². The van der Waals surface area contributed by atoms with Gasteiger partial charge in [0.1, 0.15) is 5.75 Å². The highest BCUT2D eigenvalue weighted by Gasteiger charge is 2.21. The summed E-state index contributed by atoms with van der Waals surface area (Å²) in [5.41, 5.74) is 3.32. The molecule has 0 radical (unpaired) electrons. The Morgan fingerprint density at radius 1 is 1.03 bits per heavy atom. The molecule has 0 aliphatic heterocycles. The zero-order valence-corrected chi connectivity index (χ0v) is 23.2. The van der Waals surface area contributed by atoms with E-state index in [2.05, 4.69) is 15.5 Å². The summed E-state index contributed by atoms with van der Waals surface area (Å²) in [6.07, 6.45) is 0. The number of aryl methyl sites for hydroxylation is 1. The molecule has 0 aliphatic rings. The van der Waals surface area contributed by atoms with Crippen LogP contribution in [0.2, 0.25) is 0 Å². The molecule has 1 amide bonds. The largest absolute Gasteiger partial charge is 0.496 e. The summed E-state index contributed by atoms with van der Waals surface area (Å²) in [5, 5.41) is 12.2. The smallest absolute Gasteiger partial charge is 0.242 e. The second kappa shape index (κ2) is 11.8. The summed E-state index contributed by atoms with van der Waals surface area (Å²) in [4.78, 5) is 12.8. The number of nitrogens with zero attached hydrogens (tertiary/aromatic N) is 4. The van der Waals surface area contributed by atoms with Crippen molar-refractivity contribution in [1.29, 1.82) is 0 Å². The molecule has 11 heteroatoms. The molecule has 38 heavy (non-hydrogen) atoms. The lowest BCUT2D eigenvalue weighted by Gasteiger charge is -2.14. The average molecular weight is 552 g/mol. The molecule has 1 heterocycles. The van der Waals surface area contributed by atoms with Crippen LogP contribution in [0.4, 0.5) is 0 Å². The minimum atomic E-state index is -3.63. The van der Waals surface area contributed by atoms with Crippen molar-refractivity contribution in [3.63, 3.8) is 0 Å². The molecule has 1 aromatic heterocycles. The Morgan fingerprint density at radius 2 is 1.79 bits per heavy atom. The normalized spacial score (nSPS) is 11.5. The Balaban J connectivity index is 1.62. The molecule has 0 saturated heterocycles. The van der Waals surface area contributed by atoms with Crippen LogP contribution in [0.15, 0.2) is 82.8 Å². The predicted octanol–water partition coefficient (Wildman–Crippen LogP) is 3.91. The quantitative estimate of drug-likeness (QED) is 0.298. The van der Waals surface area contributed by atoms with Crippen LogP contribution in [0.25, 0.3) is 17.1 Å². The van der Waals surface area contributed by atoms with E-state index in [-0.39, 0.29) is 16.6 Å². The second-order valence-electron chi connectivity index (χ2n) is 8.67. The molecule has 9 nitrogen and oxygen atoms in total. The highest BCUT2D eigenvalue weighted by Crippen LogP contribution is 2.30. The van der Waals surface area contributed by atoms with E-state index in [0.29, 0.717) is 28.8 Å². The van der Waals surface area contributed by atoms with Gasteiger partial charge in [-0.2, -0.15) is 0 Å². The third-order valence-corrected chi connectivity index (χ3v) is 8.50. The third kappa shape index (κ3) is 6.07. The summed E-state index contributed by atoms with van der Waals surface area (Å²) >= 11 is 1.25. The number of nitrogens with one attached hydrogen (secondary N) is 1. The van der Waals surface area contributed by atoms with Gasteiger partial charge >= 0.3 is 0 Å². The van der Waals surface area contributed by atoms with Gasteiger partial charge in [0.15, 0.2) is 11.0 Å². The van der Waals surface area contributed by atoms with E-state index in [9.17, 15) is 13.2 Å². The first-order valence-corrected chi connectivity index (χ1v) is 14.2. The van der Waals surface area contributed by atoms with Gasteiger partial charge < -0.3 is 10.1 Å². The Hall–Kier alpha value is -3.67. The van der Waals surface area contributed by atoms with Gasteiger partial charge in [-0.1, -0.05) is 54.2 Å². The van der Waals surface area contributed by atoms with Gasteiger partial charge in [-0.05, 0) is 42.8 Å². The van der Waals surface area contributed by atoms with Gasteiger partial charge in [-0.15, -0.1) is 10.2 Å². The zero-order valence-electron chi connectivity index (χ0n) is 21.6. The van der Waals surface area contributed by atoms with Crippen LogP contribution < -0.4 is 10.1 Å². The molecule has 3 aromatic carbocycles. The predicted molar refractivity (Wildman–Crippen MR) is 148 cm³/mol. The highest BCUT2D eigenvalue weighted by molar-refractivity contribution is 7.99. The minimum absolute atomic E-state index is 0.119. The van der Waals surface area contributed by atoms with E-state index in [4.69, 9.17) is 4.74 Å². The number of carbonyl (C=O) groups excluding carboxylic acids is 1. The summed E-state index contributed by atoms with van der Waals surface area (Å²) in [7, 11) is 0.945. The van der Waals surface area contributed by atoms with Gasteiger partial charge in [0.25, 0.3) is 0 Å². The van der Waals surface area contributed by atoms with Gasteiger partial charge in [0.2, 0.25) is 15.9 Å².